The quantitative estimate of drug-likeness (QED) is 0.699. The highest BCUT2D eigenvalue weighted by atomic mass is 16.5. The van der Waals surface area contributed by atoms with Crippen LogP contribution in [0.15, 0.2) is 23.0 Å². The van der Waals surface area contributed by atoms with Crippen LogP contribution in [0, 0.1) is 6.92 Å². The van der Waals surface area contributed by atoms with Crippen molar-refractivity contribution in [2.24, 2.45) is 7.05 Å². The van der Waals surface area contributed by atoms with Gasteiger partial charge in [-0.2, -0.15) is 0 Å². The lowest BCUT2D eigenvalue weighted by Gasteiger charge is -2.16. The van der Waals surface area contributed by atoms with Crippen LogP contribution in [0.2, 0.25) is 0 Å². The predicted octanol–water partition coefficient (Wildman–Crippen LogP) is 3.26. The number of benzene rings is 1. The maximum absolute atomic E-state index is 12.4. The van der Waals surface area contributed by atoms with Crippen molar-refractivity contribution in [3.63, 3.8) is 0 Å². The van der Waals surface area contributed by atoms with Crippen LogP contribution in [-0.4, -0.2) is 45.9 Å². The number of aromatic hydroxyl groups is 1. The third kappa shape index (κ3) is 3.06. The first-order valence-electron chi connectivity index (χ1n) is 10.8. The van der Waals surface area contributed by atoms with E-state index < -0.39 is 0 Å². The number of fused-ring (bicyclic) bond motifs is 4. The molecule has 0 spiro atoms. The molecule has 1 aromatic carbocycles. The van der Waals surface area contributed by atoms with Crippen LogP contribution in [0.25, 0.3) is 22.2 Å². The number of aromatic nitrogens is 2. The number of likely N-dealkylation sites (tertiary alicyclic amines) is 1. The van der Waals surface area contributed by atoms with Gasteiger partial charge in [0.1, 0.15) is 5.75 Å². The largest absolute Gasteiger partial charge is 0.507 e. The van der Waals surface area contributed by atoms with Gasteiger partial charge in [0.25, 0.3) is 5.56 Å². The second-order valence-corrected chi connectivity index (χ2v) is 8.78. The van der Waals surface area contributed by atoms with Crippen LogP contribution >= 0.6 is 0 Å². The molecule has 3 aromatic rings. The molecule has 1 atom stereocenters. The van der Waals surface area contributed by atoms with Gasteiger partial charge in [0, 0.05) is 61.5 Å². The van der Waals surface area contributed by atoms with Crippen LogP contribution in [0.4, 0.5) is 0 Å². The number of hydrogen-bond acceptors (Lipinski definition) is 4. The van der Waals surface area contributed by atoms with Gasteiger partial charge in [-0.05, 0) is 56.4 Å². The van der Waals surface area contributed by atoms with Crippen LogP contribution in [-0.2, 0) is 31.2 Å². The van der Waals surface area contributed by atoms with Gasteiger partial charge in [0.2, 0.25) is 0 Å². The Labute approximate surface area is 176 Å². The lowest BCUT2D eigenvalue weighted by molar-refractivity contribution is 0.107. The smallest absolute Gasteiger partial charge is 0.255 e. The minimum atomic E-state index is -0.213. The topological polar surface area (TPSA) is 70.5 Å². The van der Waals surface area contributed by atoms with E-state index in [0.717, 1.165) is 62.1 Å². The molecule has 1 saturated heterocycles. The minimum Gasteiger partial charge on any atom is -0.507 e. The molecule has 1 fully saturated rings. The van der Waals surface area contributed by atoms with E-state index in [1.807, 2.05) is 0 Å². The number of ether oxygens (including phenoxy) is 1. The zero-order valence-corrected chi connectivity index (χ0v) is 17.9. The monoisotopic (exact) mass is 407 g/mol. The molecule has 0 bridgehead atoms. The molecule has 158 valence electrons. The fraction of sp³-hybridized carbons (Fsp3) is 0.458. The molecule has 30 heavy (non-hydrogen) atoms. The first-order valence-corrected chi connectivity index (χ1v) is 10.8. The molecule has 1 aliphatic carbocycles. The second kappa shape index (κ2) is 7.29. The van der Waals surface area contributed by atoms with E-state index in [4.69, 9.17) is 4.74 Å². The molecular weight excluding hydrogens is 378 g/mol. The molecule has 0 radical (unpaired) electrons. The summed E-state index contributed by atoms with van der Waals surface area (Å²) in [5, 5.41) is 11.8. The maximum Gasteiger partial charge on any atom is 0.255 e. The SMILES string of the molecule is COC1CCN(Cc2cc3cc4c(cc3n2C)CCCc2c-4[nH]c(=O)c(C)c2O)C1. The molecule has 3 heterocycles. The first kappa shape index (κ1) is 19.4. The summed E-state index contributed by atoms with van der Waals surface area (Å²) in [4.78, 5) is 17.9. The summed E-state index contributed by atoms with van der Waals surface area (Å²) in [6.07, 6.45) is 4.07. The molecule has 5 rings (SSSR count). The zero-order valence-electron chi connectivity index (χ0n) is 17.9. The van der Waals surface area contributed by atoms with Crippen molar-refractivity contribution >= 4 is 10.9 Å². The fourth-order valence-electron chi connectivity index (χ4n) is 5.10. The number of H-pyrrole nitrogens is 1. The third-order valence-corrected chi connectivity index (χ3v) is 6.98. The van der Waals surface area contributed by atoms with Gasteiger partial charge >= 0.3 is 0 Å². The highest BCUT2D eigenvalue weighted by Crippen LogP contribution is 2.38. The maximum atomic E-state index is 12.4. The van der Waals surface area contributed by atoms with Crippen LogP contribution < -0.4 is 5.56 Å². The first-order chi connectivity index (χ1) is 14.5. The molecule has 1 unspecified atom stereocenters. The molecule has 6 nitrogen and oxygen atoms in total. The molecule has 0 amide bonds. The van der Waals surface area contributed by atoms with E-state index in [-0.39, 0.29) is 11.3 Å². The summed E-state index contributed by atoms with van der Waals surface area (Å²) in [6.45, 7) is 4.62. The average Bonchev–Trinajstić information content (AvgIpc) is 3.26. The van der Waals surface area contributed by atoms with E-state index in [2.05, 4.69) is 39.7 Å². The molecule has 2 aromatic heterocycles. The van der Waals surface area contributed by atoms with Crippen molar-refractivity contribution in [2.45, 2.75) is 45.3 Å². The fourth-order valence-corrected chi connectivity index (χ4v) is 5.10. The Bertz CT molecular complexity index is 1190. The summed E-state index contributed by atoms with van der Waals surface area (Å²) in [7, 11) is 3.93. The van der Waals surface area contributed by atoms with Crippen LogP contribution in [0.1, 0.15) is 35.2 Å². The Morgan fingerprint density at radius 1 is 1.27 bits per heavy atom. The predicted molar refractivity (Wildman–Crippen MR) is 118 cm³/mol. The van der Waals surface area contributed by atoms with Gasteiger partial charge in [0.05, 0.1) is 17.4 Å². The second-order valence-electron chi connectivity index (χ2n) is 8.78. The Kier molecular flexibility index (Phi) is 4.71. The lowest BCUT2D eigenvalue weighted by Crippen LogP contribution is -2.23. The van der Waals surface area contributed by atoms with Gasteiger partial charge in [-0.1, -0.05) is 0 Å². The number of methoxy groups -OCH3 is 1. The number of aromatic amines is 1. The van der Waals surface area contributed by atoms with Gasteiger partial charge in [0.15, 0.2) is 0 Å². The number of aryl methyl sites for hydroxylation is 2. The summed E-state index contributed by atoms with van der Waals surface area (Å²) in [5.74, 6) is 0.150. The van der Waals surface area contributed by atoms with Crippen molar-refractivity contribution < 1.29 is 9.84 Å². The van der Waals surface area contributed by atoms with Gasteiger partial charge in [-0.15, -0.1) is 0 Å². The van der Waals surface area contributed by atoms with Gasteiger partial charge in [-0.25, -0.2) is 0 Å². The molecule has 6 heteroatoms. The van der Waals surface area contributed by atoms with E-state index in [1.165, 1.54) is 22.2 Å². The normalized spacial score (nSPS) is 19.1. The molecule has 2 N–H and O–H groups in total. The number of nitrogens with zero attached hydrogens (tertiary/aromatic N) is 2. The van der Waals surface area contributed by atoms with Crippen molar-refractivity contribution in [3.8, 4) is 17.0 Å². The highest BCUT2D eigenvalue weighted by Gasteiger charge is 2.24. The Hall–Kier alpha value is -2.57. The molecule has 0 saturated carbocycles. The van der Waals surface area contributed by atoms with Crippen molar-refractivity contribution in [1.82, 2.24) is 14.5 Å². The van der Waals surface area contributed by atoms with Crippen molar-refractivity contribution in [3.05, 3.63) is 50.9 Å². The highest BCUT2D eigenvalue weighted by molar-refractivity contribution is 5.89. The Balaban J connectivity index is 1.59. The Morgan fingerprint density at radius 2 is 2.10 bits per heavy atom. The van der Waals surface area contributed by atoms with Crippen molar-refractivity contribution in [2.75, 3.05) is 20.2 Å². The summed E-state index contributed by atoms with van der Waals surface area (Å²) in [6, 6.07) is 6.71. The van der Waals surface area contributed by atoms with Crippen LogP contribution in [0.3, 0.4) is 0 Å². The molecule has 1 aliphatic heterocycles. The summed E-state index contributed by atoms with van der Waals surface area (Å²) in [5.41, 5.74) is 6.61. The number of hydrogen-bond donors (Lipinski definition) is 2. The zero-order chi connectivity index (χ0) is 21.0. The number of nitrogens with one attached hydrogen (secondary N) is 1. The van der Waals surface area contributed by atoms with E-state index in [9.17, 15) is 9.90 Å². The van der Waals surface area contributed by atoms with Crippen LogP contribution in [0.5, 0.6) is 5.75 Å². The summed E-state index contributed by atoms with van der Waals surface area (Å²) < 4.78 is 7.80. The van der Waals surface area contributed by atoms with Gasteiger partial charge in [-0.3, -0.25) is 9.69 Å². The minimum absolute atomic E-state index is 0.150. The van der Waals surface area contributed by atoms with E-state index >= 15 is 0 Å². The van der Waals surface area contributed by atoms with E-state index in [0.29, 0.717) is 11.7 Å². The third-order valence-electron chi connectivity index (χ3n) is 6.98. The van der Waals surface area contributed by atoms with Gasteiger partial charge < -0.3 is 19.4 Å². The Morgan fingerprint density at radius 3 is 2.87 bits per heavy atom. The molecular formula is C24H29N3O3. The summed E-state index contributed by atoms with van der Waals surface area (Å²) >= 11 is 0. The number of pyridine rings is 1. The number of rotatable bonds is 3. The average molecular weight is 408 g/mol. The molecule has 2 aliphatic rings. The standard InChI is InChI=1S/C24H29N3O3/c1-14-23(28)19-6-4-5-15-11-21-16(10-20(15)22(19)25-24(14)29)9-17(26(21)2)12-27-8-7-18(13-27)30-3/h9-11,18H,4-8,12-13H2,1-3H3,(H2,25,28,29). The lowest BCUT2D eigenvalue weighted by atomic mass is 9.98. The van der Waals surface area contributed by atoms with E-state index in [1.54, 1.807) is 14.0 Å². The van der Waals surface area contributed by atoms with Crippen molar-refractivity contribution in [1.29, 1.82) is 0 Å².